The van der Waals surface area contributed by atoms with Crippen LogP contribution in [0.1, 0.15) is 16.8 Å². The number of fused-ring (bicyclic) bond motifs is 1. The van der Waals surface area contributed by atoms with E-state index in [0.717, 1.165) is 24.0 Å². The van der Waals surface area contributed by atoms with Gasteiger partial charge in [0.1, 0.15) is 0 Å². The molecule has 0 saturated carbocycles. The van der Waals surface area contributed by atoms with Gasteiger partial charge in [-0.05, 0) is 46.9 Å². The largest absolute Gasteiger partial charge is 0.454 e. The third-order valence-corrected chi connectivity index (χ3v) is 4.17. The first-order valence-electron chi connectivity index (χ1n) is 6.27. The summed E-state index contributed by atoms with van der Waals surface area (Å²) in [5.41, 5.74) is 6.27. The van der Waals surface area contributed by atoms with Gasteiger partial charge in [-0.15, -0.1) is 0 Å². The molecule has 0 aromatic heterocycles. The Morgan fingerprint density at radius 3 is 3.05 bits per heavy atom. The van der Waals surface area contributed by atoms with E-state index in [1.54, 1.807) is 12.1 Å². The van der Waals surface area contributed by atoms with Gasteiger partial charge in [0.2, 0.25) is 6.79 Å². The van der Waals surface area contributed by atoms with Crippen LogP contribution in [0.5, 0.6) is 11.5 Å². The summed E-state index contributed by atoms with van der Waals surface area (Å²) in [6, 6.07) is 3.52. The van der Waals surface area contributed by atoms with Crippen molar-refractivity contribution >= 4 is 21.8 Å². The number of hydrogen-bond acceptors (Lipinski definition) is 4. The minimum atomic E-state index is 0.0231. The van der Waals surface area contributed by atoms with E-state index in [1.165, 1.54) is 0 Å². The second-order valence-electron chi connectivity index (χ2n) is 4.83. The third-order valence-electron chi connectivity index (χ3n) is 3.58. The fourth-order valence-electron chi connectivity index (χ4n) is 2.48. The number of rotatable bonds is 2. The minimum absolute atomic E-state index is 0.0231. The molecule has 2 aliphatic heterocycles. The Morgan fingerprint density at radius 2 is 2.32 bits per heavy atom. The first-order valence-corrected chi connectivity index (χ1v) is 7.07. The molecule has 19 heavy (non-hydrogen) atoms. The average molecular weight is 327 g/mol. The number of likely N-dealkylation sites (tertiary alicyclic amines) is 1. The van der Waals surface area contributed by atoms with Gasteiger partial charge in [0.25, 0.3) is 5.91 Å². The second-order valence-corrected chi connectivity index (χ2v) is 5.69. The summed E-state index contributed by atoms with van der Waals surface area (Å²) in [4.78, 5) is 14.3. The molecule has 102 valence electrons. The highest BCUT2D eigenvalue weighted by molar-refractivity contribution is 9.10. The molecule has 5 nitrogen and oxygen atoms in total. The zero-order valence-electron chi connectivity index (χ0n) is 10.4. The molecule has 1 aromatic rings. The molecule has 0 unspecified atom stereocenters. The van der Waals surface area contributed by atoms with Gasteiger partial charge in [-0.2, -0.15) is 0 Å². The maximum Gasteiger partial charge on any atom is 0.254 e. The SMILES string of the molecule is NC[C@@H]1CCN(C(=O)c2cc(Br)c3c(c2)OCO3)C1. The van der Waals surface area contributed by atoms with Crippen molar-refractivity contribution in [1.29, 1.82) is 0 Å². The molecule has 6 heteroatoms. The molecule has 1 amide bonds. The molecule has 1 fully saturated rings. The van der Waals surface area contributed by atoms with E-state index in [4.69, 9.17) is 15.2 Å². The summed E-state index contributed by atoms with van der Waals surface area (Å²) >= 11 is 3.40. The summed E-state index contributed by atoms with van der Waals surface area (Å²) in [7, 11) is 0. The Bertz CT molecular complexity index is 521. The van der Waals surface area contributed by atoms with E-state index < -0.39 is 0 Å². The summed E-state index contributed by atoms with van der Waals surface area (Å²) < 4.78 is 11.4. The molecular weight excluding hydrogens is 312 g/mol. The van der Waals surface area contributed by atoms with Crippen LogP contribution in [-0.2, 0) is 0 Å². The molecule has 0 bridgehead atoms. The summed E-state index contributed by atoms with van der Waals surface area (Å²) in [6.45, 7) is 2.34. The van der Waals surface area contributed by atoms with Crippen LogP contribution in [0.2, 0.25) is 0 Å². The lowest BCUT2D eigenvalue weighted by Crippen LogP contribution is -2.29. The number of carbonyl (C=O) groups is 1. The number of nitrogens with zero attached hydrogens (tertiary/aromatic N) is 1. The fourth-order valence-corrected chi connectivity index (χ4v) is 3.04. The molecular formula is C13H15BrN2O3. The molecule has 0 spiro atoms. The molecule has 2 aliphatic rings. The number of benzene rings is 1. The summed E-state index contributed by atoms with van der Waals surface area (Å²) in [5.74, 6) is 1.72. The van der Waals surface area contributed by atoms with Crippen LogP contribution in [-0.4, -0.2) is 37.2 Å². The Labute approximate surface area is 119 Å². The lowest BCUT2D eigenvalue weighted by molar-refractivity contribution is 0.0787. The van der Waals surface area contributed by atoms with Crippen LogP contribution >= 0.6 is 15.9 Å². The Kier molecular flexibility index (Phi) is 3.36. The van der Waals surface area contributed by atoms with Crippen LogP contribution in [0.15, 0.2) is 16.6 Å². The molecule has 0 aliphatic carbocycles. The quantitative estimate of drug-likeness (QED) is 0.896. The normalized spacial score (nSPS) is 20.9. The van der Waals surface area contributed by atoms with Gasteiger partial charge in [0.05, 0.1) is 4.47 Å². The third kappa shape index (κ3) is 2.30. The Balaban J connectivity index is 1.83. The molecule has 1 aromatic carbocycles. The Hall–Kier alpha value is -1.27. The summed E-state index contributed by atoms with van der Waals surface area (Å²) in [6.07, 6.45) is 0.980. The number of ether oxygens (including phenoxy) is 2. The predicted octanol–water partition coefficient (Wildman–Crippen LogP) is 1.60. The van der Waals surface area contributed by atoms with Gasteiger partial charge >= 0.3 is 0 Å². The standard InChI is InChI=1S/C13H15BrN2O3/c14-10-3-9(4-11-12(10)19-7-18-11)13(17)16-2-1-8(5-15)6-16/h3-4,8H,1-2,5-7,15H2/t8-/m0/s1. The molecule has 3 rings (SSSR count). The van der Waals surface area contributed by atoms with Crippen molar-refractivity contribution in [2.45, 2.75) is 6.42 Å². The molecule has 1 saturated heterocycles. The first kappa shape index (κ1) is 12.7. The number of hydrogen-bond donors (Lipinski definition) is 1. The van der Waals surface area contributed by atoms with Crippen LogP contribution < -0.4 is 15.2 Å². The van der Waals surface area contributed by atoms with Crippen molar-refractivity contribution < 1.29 is 14.3 Å². The van der Waals surface area contributed by atoms with Crippen molar-refractivity contribution in [1.82, 2.24) is 4.90 Å². The van der Waals surface area contributed by atoms with Gasteiger partial charge in [-0.25, -0.2) is 0 Å². The zero-order valence-corrected chi connectivity index (χ0v) is 12.0. The first-order chi connectivity index (χ1) is 9.19. The fraction of sp³-hybridized carbons (Fsp3) is 0.462. The molecule has 2 heterocycles. The van der Waals surface area contributed by atoms with Crippen molar-refractivity contribution in [2.24, 2.45) is 11.7 Å². The minimum Gasteiger partial charge on any atom is -0.454 e. The van der Waals surface area contributed by atoms with E-state index in [0.29, 0.717) is 29.5 Å². The van der Waals surface area contributed by atoms with Crippen molar-refractivity contribution in [3.8, 4) is 11.5 Å². The van der Waals surface area contributed by atoms with Crippen LogP contribution in [0.4, 0.5) is 0 Å². The second kappa shape index (κ2) is 5.02. The van der Waals surface area contributed by atoms with Gasteiger partial charge in [-0.1, -0.05) is 0 Å². The monoisotopic (exact) mass is 326 g/mol. The van der Waals surface area contributed by atoms with E-state index in [1.807, 2.05) is 4.90 Å². The lowest BCUT2D eigenvalue weighted by Gasteiger charge is -2.16. The van der Waals surface area contributed by atoms with E-state index >= 15 is 0 Å². The maximum absolute atomic E-state index is 12.4. The maximum atomic E-state index is 12.4. The van der Waals surface area contributed by atoms with E-state index in [9.17, 15) is 4.79 Å². The highest BCUT2D eigenvalue weighted by Crippen LogP contribution is 2.40. The van der Waals surface area contributed by atoms with Crippen LogP contribution in [0.25, 0.3) is 0 Å². The van der Waals surface area contributed by atoms with Crippen LogP contribution in [0, 0.1) is 5.92 Å². The van der Waals surface area contributed by atoms with Crippen molar-refractivity contribution in [3.63, 3.8) is 0 Å². The molecule has 0 radical (unpaired) electrons. The van der Waals surface area contributed by atoms with Crippen LogP contribution in [0.3, 0.4) is 0 Å². The predicted molar refractivity (Wildman–Crippen MR) is 73.3 cm³/mol. The van der Waals surface area contributed by atoms with Gasteiger partial charge in [-0.3, -0.25) is 4.79 Å². The highest BCUT2D eigenvalue weighted by Gasteiger charge is 2.28. The highest BCUT2D eigenvalue weighted by atomic mass is 79.9. The van der Waals surface area contributed by atoms with Gasteiger partial charge in [0, 0.05) is 18.7 Å². The number of carbonyl (C=O) groups excluding carboxylic acids is 1. The zero-order chi connectivity index (χ0) is 13.4. The van der Waals surface area contributed by atoms with Gasteiger partial charge in [0.15, 0.2) is 11.5 Å². The van der Waals surface area contributed by atoms with E-state index in [-0.39, 0.29) is 12.7 Å². The molecule has 1 atom stereocenters. The lowest BCUT2D eigenvalue weighted by atomic mass is 10.1. The average Bonchev–Trinajstić information content (AvgIpc) is 3.06. The van der Waals surface area contributed by atoms with Gasteiger partial charge < -0.3 is 20.1 Å². The van der Waals surface area contributed by atoms with Crippen molar-refractivity contribution in [2.75, 3.05) is 26.4 Å². The van der Waals surface area contributed by atoms with Crippen molar-refractivity contribution in [3.05, 3.63) is 22.2 Å². The smallest absolute Gasteiger partial charge is 0.254 e. The number of halogens is 1. The molecule has 2 N–H and O–H groups in total. The number of nitrogens with two attached hydrogens (primary N) is 1. The topological polar surface area (TPSA) is 64.8 Å². The number of amides is 1. The Morgan fingerprint density at radius 1 is 1.47 bits per heavy atom. The summed E-state index contributed by atoms with van der Waals surface area (Å²) in [5, 5.41) is 0. The van der Waals surface area contributed by atoms with E-state index in [2.05, 4.69) is 15.9 Å².